The van der Waals surface area contributed by atoms with Crippen molar-refractivity contribution in [3.05, 3.63) is 212 Å². The second kappa shape index (κ2) is 13.6. The lowest BCUT2D eigenvalue weighted by molar-refractivity contribution is 0.953. The van der Waals surface area contributed by atoms with Crippen LogP contribution in [0.15, 0.2) is 212 Å². The molecule has 0 bridgehead atoms. The van der Waals surface area contributed by atoms with E-state index in [0.717, 1.165) is 49.7 Å². The molecule has 3 aromatic heterocycles. The molecular formula is C57H35N5. The van der Waals surface area contributed by atoms with Crippen molar-refractivity contribution < 1.29 is 0 Å². The van der Waals surface area contributed by atoms with Crippen molar-refractivity contribution in [2.24, 2.45) is 0 Å². The summed E-state index contributed by atoms with van der Waals surface area (Å²) in [5.41, 5.74) is 9.70. The van der Waals surface area contributed by atoms with E-state index in [2.05, 4.69) is 185 Å². The van der Waals surface area contributed by atoms with Crippen LogP contribution in [-0.2, 0) is 0 Å². The maximum absolute atomic E-state index is 5.20. The second-order valence-electron chi connectivity index (χ2n) is 16.0. The zero-order valence-corrected chi connectivity index (χ0v) is 33.4. The van der Waals surface area contributed by atoms with Crippen LogP contribution in [0.25, 0.3) is 121 Å². The normalized spacial score (nSPS) is 11.9. The smallest absolute Gasteiger partial charge is 0.238 e. The van der Waals surface area contributed by atoms with Gasteiger partial charge in [-0.1, -0.05) is 176 Å². The minimum absolute atomic E-state index is 0.575. The van der Waals surface area contributed by atoms with Gasteiger partial charge in [0.1, 0.15) is 0 Å². The SMILES string of the molecule is c1ccc(-c2nc(-c3ccccc3)nc(-n3c4ccccc4c4cc5c6ccccc6n(-c6ccc(-c7cccc8c9ccccc9c9ccccc9c78)cc6)c5cc43)n2)cc1. The first-order valence-corrected chi connectivity index (χ1v) is 21.0. The average molecular weight is 790 g/mol. The Morgan fingerprint density at radius 3 is 1.31 bits per heavy atom. The standard InChI is InChI=1S/C57H35N5/c1-3-16-37(17-4-1)55-58-56(38-18-5-2-6-19-38)60-57(59-55)62-51-29-14-12-24-45(51)49-34-48-44-23-11-13-28-50(44)61(52(48)35-53(49)62)39-32-30-36(31-33-39)40-26-15-27-47-43-21-8-7-20-41(43)42-22-9-10-25-46(42)54(40)47/h1-35H. The highest BCUT2D eigenvalue weighted by atomic mass is 15.2. The van der Waals surface area contributed by atoms with Crippen LogP contribution in [0.1, 0.15) is 0 Å². The summed E-state index contributed by atoms with van der Waals surface area (Å²) < 4.78 is 4.62. The van der Waals surface area contributed by atoms with E-state index in [4.69, 9.17) is 15.0 Å². The summed E-state index contributed by atoms with van der Waals surface area (Å²) in [5, 5.41) is 12.3. The lowest BCUT2D eigenvalue weighted by Gasteiger charge is -2.15. The summed E-state index contributed by atoms with van der Waals surface area (Å²) in [6.45, 7) is 0. The molecule has 0 saturated heterocycles. The molecule has 0 radical (unpaired) electrons. The van der Waals surface area contributed by atoms with E-state index in [1.807, 2.05) is 36.4 Å². The van der Waals surface area contributed by atoms with Gasteiger partial charge in [0.05, 0.1) is 22.1 Å². The second-order valence-corrected chi connectivity index (χ2v) is 16.0. The molecule has 13 rings (SSSR count). The topological polar surface area (TPSA) is 48.5 Å². The molecule has 0 fully saturated rings. The molecule has 0 aliphatic heterocycles. The molecule has 0 aliphatic carbocycles. The zero-order chi connectivity index (χ0) is 40.7. The molecule has 0 amide bonds. The van der Waals surface area contributed by atoms with Crippen molar-refractivity contribution in [1.29, 1.82) is 0 Å². The van der Waals surface area contributed by atoms with E-state index in [-0.39, 0.29) is 0 Å². The first-order chi connectivity index (χ1) is 30.8. The van der Waals surface area contributed by atoms with Gasteiger partial charge in [-0.25, -0.2) is 4.98 Å². The maximum Gasteiger partial charge on any atom is 0.238 e. The third-order valence-corrected chi connectivity index (χ3v) is 12.6. The summed E-state index contributed by atoms with van der Waals surface area (Å²) in [6.07, 6.45) is 0. The fraction of sp³-hybridized carbons (Fsp3) is 0. The Kier molecular flexibility index (Phi) is 7.54. The molecule has 0 spiro atoms. The van der Waals surface area contributed by atoms with E-state index < -0.39 is 0 Å². The summed E-state index contributed by atoms with van der Waals surface area (Å²) in [5.74, 6) is 1.83. The Morgan fingerprint density at radius 1 is 0.274 bits per heavy atom. The van der Waals surface area contributed by atoms with Crippen LogP contribution in [0.5, 0.6) is 0 Å². The van der Waals surface area contributed by atoms with Gasteiger partial charge >= 0.3 is 0 Å². The molecule has 0 unspecified atom stereocenters. The Bertz CT molecular complexity index is 3800. The molecule has 13 aromatic rings. The van der Waals surface area contributed by atoms with Gasteiger partial charge in [-0.05, 0) is 79.8 Å². The van der Waals surface area contributed by atoms with Crippen LogP contribution < -0.4 is 0 Å². The number of rotatable bonds is 5. The van der Waals surface area contributed by atoms with Crippen LogP contribution >= 0.6 is 0 Å². The first kappa shape index (κ1) is 34.5. The summed E-state index contributed by atoms with van der Waals surface area (Å²) in [7, 11) is 0. The van der Waals surface area contributed by atoms with Gasteiger partial charge in [0, 0.05) is 38.4 Å². The van der Waals surface area contributed by atoms with E-state index >= 15 is 0 Å². The Balaban J connectivity index is 1.04. The number of nitrogens with zero attached hydrogens (tertiary/aromatic N) is 5. The van der Waals surface area contributed by atoms with E-state index in [9.17, 15) is 0 Å². The average Bonchev–Trinajstić information content (AvgIpc) is 3.85. The number of fused-ring (bicyclic) bond motifs is 12. The van der Waals surface area contributed by atoms with Gasteiger partial charge in [0.25, 0.3) is 0 Å². The molecule has 5 heteroatoms. The van der Waals surface area contributed by atoms with Gasteiger partial charge in [-0.15, -0.1) is 0 Å². The van der Waals surface area contributed by atoms with E-state index in [1.165, 1.54) is 54.2 Å². The Morgan fingerprint density at radius 2 is 0.726 bits per heavy atom. The predicted octanol–water partition coefficient (Wildman–Crippen LogP) is 14.5. The predicted molar refractivity (Wildman–Crippen MR) is 257 cm³/mol. The highest BCUT2D eigenvalue weighted by Crippen LogP contribution is 2.42. The van der Waals surface area contributed by atoms with Crippen molar-refractivity contribution in [1.82, 2.24) is 24.1 Å². The molecular weight excluding hydrogens is 755 g/mol. The molecule has 0 saturated carbocycles. The van der Waals surface area contributed by atoms with Crippen molar-refractivity contribution >= 4 is 75.9 Å². The molecule has 0 atom stereocenters. The van der Waals surface area contributed by atoms with Crippen molar-refractivity contribution in [3.8, 4) is 45.5 Å². The van der Waals surface area contributed by atoms with Crippen LogP contribution in [-0.4, -0.2) is 24.1 Å². The number of para-hydroxylation sites is 2. The van der Waals surface area contributed by atoms with Crippen LogP contribution in [0, 0.1) is 0 Å². The molecule has 5 nitrogen and oxygen atoms in total. The highest BCUT2D eigenvalue weighted by molar-refractivity contribution is 6.28. The molecule has 0 aliphatic rings. The van der Waals surface area contributed by atoms with Gasteiger partial charge in [-0.3, -0.25) is 4.57 Å². The van der Waals surface area contributed by atoms with Gasteiger partial charge < -0.3 is 4.57 Å². The Hall–Kier alpha value is -8.41. The number of hydrogen-bond donors (Lipinski definition) is 0. The summed E-state index contributed by atoms with van der Waals surface area (Å²) >= 11 is 0. The molecule has 288 valence electrons. The van der Waals surface area contributed by atoms with Crippen molar-refractivity contribution in [2.75, 3.05) is 0 Å². The Labute approximate surface area is 356 Å². The maximum atomic E-state index is 5.20. The zero-order valence-electron chi connectivity index (χ0n) is 33.4. The van der Waals surface area contributed by atoms with Crippen molar-refractivity contribution in [2.45, 2.75) is 0 Å². The molecule has 3 heterocycles. The third kappa shape index (κ3) is 5.18. The first-order valence-electron chi connectivity index (χ1n) is 21.0. The highest BCUT2D eigenvalue weighted by Gasteiger charge is 2.21. The fourth-order valence-electron chi connectivity index (χ4n) is 9.81. The summed E-state index contributed by atoms with van der Waals surface area (Å²) in [6, 6.07) is 75.8. The van der Waals surface area contributed by atoms with Crippen LogP contribution in [0.2, 0.25) is 0 Å². The number of hydrogen-bond acceptors (Lipinski definition) is 3. The molecule has 62 heavy (non-hydrogen) atoms. The monoisotopic (exact) mass is 789 g/mol. The molecule has 0 N–H and O–H groups in total. The summed E-state index contributed by atoms with van der Waals surface area (Å²) in [4.78, 5) is 15.4. The van der Waals surface area contributed by atoms with Gasteiger partial charge in [0.2, 0.25) is 5.95 Å². The molecule has 10 aromatic carbocycles. The largest absolute Gasteiger partial charge is 0.309 e. The minimum Gasteiger partial charge on any atom is -0.309 e. The van der Waals surface area contributed by atoms with Crippen LogP contribution in [0.3, 0.4) is 0 Å². The quantitative estimate of drug-likeness (QED) is 0.163. The number of aromatic nitrogens is 5. The van der Waals surface area contributed by atoms with E-state index in [1.54, 1.807) is 0 Å². The van der Waals surface area contributed by atoms with Crippen LogP contribution in [0.4, 0.5) is 0 Å². The van der Waals surface area contributed by atoms with Gasteiger partial charge in [0.15, 0.2) is 11.6 Å². The number of benzene rings is 10. The minimum atomic E-state index is 0.575. The third-order valence-electron chi connectivity index (χ3n) is 12.6. The lowest BCUT2D eigenvalue weighted by atomic mass is 9.89. The van der Waals surface area contributed by atoms with Crippen molar-refractivity contribution in [3.63, 3.8) is 0 Å². The van der Waals surface area contributed by atoms with E-state index in [0.29, 0.717) is 17.6 Å². The van der Waals surface area contributed by atoms with Gasteiger partial charge in [-0.2, -0.15) is 9.97 Å². The lowest BCUT2D eigenvalue weighted by Crippen LogP contribution is -2.06. The fourth-order valence-corrected chi connectivity index (χ4v) is 9.81.